The zero-order chi connectivity index (χ0) is 14.7. The van der Waals surface area contributed by atoms with E-state index in [4.69, 9.17) is 16.7 Å². The third kappa shape index (κ3) is 3.32. The number of hydrogen-bond donors (Lipinski definition) is 1. The van der Waals surface area contributed by atoms with Gasteiger partial charge < -0.3 is 10.0 Å². The lowest BCUT2D eigenvalue weighted by Gasteiger charge is -2.18. The van der Waals surface area contributed by atoms with Gasteiger partial charge in [0.1, 0.15) is 11.9 Å². The molecule has 1 N–H and O–H groups in total. The summed E-state index contributed by atoms with van der Waals surface area (Å²) < 4.78 is 13.0. The van der Waals surface area contributed by atoms with E-state index in [9.17, 15) is 14.0 Å². The number of amides is 1. The van der Waals surface area contributed by atoms with Crippen LogP contribution in [0.25, 0.3) is 6.08 Å². The summed E-state index contributed by atoms with van der Waals surface area (Å²) in [4.78, 5) is 24.2. The van der Waals surface area contributed by atoms with Crippen molar-refractivity contribution in [3.63, 3.8) is 0 Å². The summed E-state index contributed by atoms with van der Waals surface area (Å²) in [6.07, 6.45) is 2.75. The summed E-state index contributed by atoms with van der Waals surface area (Å²) in [5, 5.41) is 8.97. The first-order valence-electron chi connectivity index (χ1n) is 5.73. The largest absolute Gasteiger partial charge is 0.480 e. The molecule has 0 radical (unpaired) electrons. The quantitative estimate of drug-likeness (QED) is 0.871. The van der Waals surface area contributed by atoms with Crippen LogP contribution in [0.3, 0.4) is 0 Å². The van der Waals surface area contributed by atoms with Crippen LogP contribution in [-0.2, 0) is 9.59 Å². The maximum absolute atomic E-state index is 13.0. The Balaban J connectivity index is 2.08. The summed E-state index contributed by atoms with van der Waals surface area (Å²) in [5.74, 6) is -1.19. The van der Waals surface area contributed by atoms with Gasteiger partial charge in [-0.25, -0.2) is 9.18 Å². The van der Waals surface area contributed by atoms with Gasteiger partial charge in [0.25, 0.3) is 0 Å². The van der Waals surface area contributed by atoms with E-state index < -0.39 is 17.8 Å². The van der Waals surface area contributed by atoms with Crippen LogP contribution in [0.1, 0.15) is 5.56 Å². The van der Waals surface area contributed by atoms with Crippen molar-refractivity contribution in [3.8, 4) is 0 Å². The van der Waals surface area contributed by atoms with Gasteiger partial charge in [0.2, 0.25) is 5.91 Å². The van der Waals surface area contributed by atoms with Gasteiger partial charge in [0.15, 0.2) is 0 Å². The number of carbonyl (C=O) groups is 2. The molecule has 1 atom stereocenters. The number of hydrogen-bond acceptors (Lipinski definition) is 3. The molecule has 0 aromatic heterocycles. The molecule has 1 aromatic rings. The van der Waals surface area contributed by atoms with Gasteiger partial charge in [0, 0.05) is 11.8 Å². The number of thioether (sulfide) groups is 1. The van der Waals surface area contributed by atoms with Crippen LogP contribution in [0.5, 0.6) is 0 Å². The second-order valence-electron chi connectivity index (χ2n) is 4.17. The highest BCUT2D eigenvalue weighted by molar-refractivity contribution is 7.99. The molecular weight excluding hydrogens is 305 g/mol. The first-order chi connectivity index (χ1) is 9.49. The molecule has 0 bridgehead atoms. The Bertz CT molecular complexity index is 579. The highest BCUT2D eigenvalue weighted by Gasteiger charge is 2.33. The molecule has 7 heteroatoms. The standard InChI is InChI=1S/C13H11ClFNO3S/c14-9-5-8(1-3-10(9)15)2-4-12(17)16-7-20-6-11(16)13(18)19/h1-5,11H,6-7H2,(H,18,19)/b4-2+/t11-/m0/s1. The number of halogens is 2. The lowest BCUT2D eigenvalue weighted by Crippen LogP contribution is -2.40. The molecule has 1 heterocycles. The van der Waals surface area contributed by atoms with Crippen LogP contribution < -0.4 is 0 Å². The first-order valence-corrected chi connectivity index (χ1v) is 7.26. The second-order valence-corrected chi connectivity index (χ2v) is 5.58. The van der Waals surface area contributed by atoms with Gasteiger partial charge in [-0.15, -0.1) is 11.8 Å². The summed E-state index contributed by atoms with van der Waals surface area (Å²) in [6, 6.07) is 3.29. The first kappa shape index (κ1) is 14.9. The number of carboxylic acid groups (broad SMARTS) is 1. The van der Waals surface area contributed by atoms with E-state index in [1.807, 2.05) is 0 Å². The molecule has 2 rings (SSSR count). The Morgan fingerprint density at radius 2 is 2.25 bits per heavy atom. The molecule has 0 unspecified atom stereocenters. The van der Waals surface area contributed by atoms with Crippen molar-refractivity contribution >= 4 is 41.3 Å². The van der Waals surface area contributed by atoms with Crippen LogP contribution in [0.15, 0.2) is 24.3 Å². The van der Waals surface area contributed by atoms with Crippen molar-refractivity contribution < 1.29 is 19.1 Å². The number of nitrogens with zero attached hydrogens (tertiary/aromatic N) is 1. The Morgan fingerprint density at radius 3 is 2.90 bits per heavy atom. The molecule has 1 fully saturated rings. The summed E-state index contributed by atoms with van der Waals surface area (Å²) in [7, 11) is 0. The fraction of sp³-hybridized carbons (Fsp3) is 0.231. The highest BCUT2D eigenvalue weighted by atomic mass is 35.5. The zero-order valence-corrected chi connectivity index (χ0v) is 11.8. The van der Waals surface area contributed by atoms with E-state index in [-0.39, 0.29) is 10.9 Å². The normalized spacial score (nSPS) is 18.7. The lowest BCUT2D eigenvalue weighted by molar-refractivity contribution is -0.146. The van der Waals surface area contributed by atoms with Gasteiger partial charge in [-0.2, -0.15) is 0 Å². The lowest BCUT2D eigenvalue weighted by atomic mass is 10.2. The average Bonchev–Trinajstić information content (AvgIpc) is 2.89. The van der Waals surface area contributed by atoms with Crippen molar-refractivity contribution in [1.29, 1.82) is 0 Å². The van der Waals surface area contributed by atoms with Crippen LogP contribution in [0.2, 0.25) is 5.02 Å². The number of aliphatic carboxylic acids is 1. The van der Waals surface area contributed by atoms with E-state index in [0.717, 1.165) is 0 Å². The number of carboxylic acids is 1. The summed E-state index contributed by atoms with van der Waals surface area (Å²) in [6.45, 7) is 0. The SMILES string of the molecule is O=C(O)[C@@H]1CSCN1C(=O)/C=C/c1ccc(F)c(Cl)c1. The second kappa shape index (κ2) is 6.28. The van der Waals surface area contributed by atoms with Crippen molar-refractivity contribution in [2.45, 2.75) is 6.04 Å². The Kier molecular flexibility index (Phi) is 4.67. The van der Waals surface area contributed by atoms with Crippen molar-refractivity contribution in [2.75, 3.05) is 11.6 Å². The van der Waals surface area contributed by atoms with Gasteiger partial charge in [-0.1, -0.05) is 17.7 Å². The summed E-state index contributed by atoms with van der Waals surface area (Å²) >= 11 is 7.03. The van der Waals surface area contributed by atoms with Crippen LogP contribution in [0, 0.1) is 5.82 Å². The van der Waals surface area contributed by atoms with Gasteiger partial charge in [-0.3, -0.25) is 4.79 Å². The predicted octanol–water partition coefficient (Wildman–Crippen LogP) is 2.48. The van der Waals surface area contributed by atoms with Gasteiger partial charge >= 0.3 is 5.97 Å². The molecule has 0 saturated carbocycles. The predicted molar refractivity (Wildman–Crippen MR) is 76.0 cm³/mol. The van der Waals surface area contributed by atoms with E-state index in [0.29, 0.717) is 17.2 Å². The minimum Gasteiger partial charge on any atom is -0.480 e. The highest BCUT2D eigenvalue weighted by Crippen LogP contribution is 2.22. The van der Waals surface area contributed by atoms with E-state index in [2.05, 4.69) is 0 Å². The molecule has 1 amide bonds. The van der Waals surface area contributed by atoms with Gasteiger partial charge in [-0.05, 0) is 23.8 Å². The van der Waals surface area contributed by atoms with E-state index in [1.54, 1.807) is 0 Å². The van der Waals surface area contributed by atoms with Gasteiger partial charge in [0.05, 0.1) is 10.9 Å². The monoisotopic (exact) mass is 315 g/mol. The molecule has 106 valence electrons. The maximum atomic E-state index is 13.0. The Morgan fingerprint density at radius 1 is 1.50 bits per heavy atom. The van der Waals surface area contributed by atoms with E-state index in [1.165, 1.54) is 47.0 Å². The topological polar surface area (TPSA) is 57.6 Å². The van der Waals surface area contributed by atoms with Crippen LogP contribution in [0.4, 0.5) is 4.39 Å². The van der Waals surface area contributed by atoms with Crippen molar-refractivity contribution in [3.05, 3.63) is 40.7 Å². The molecule has 1 aromatic carbocycles. The zero-order valence-electron chi connectivity index (χ0n) is 10.3. The minimum atomic E-state index is -1.01. The molecule has 1 aliphatic heterocycles. The number of benzene rings is 1. The van der Waals surface area contributed by atoms with Crippen molar-refractivity contribution in [2.24, 2.45) is 0 Å². The van der Waals surface area contributed by atoms with Crippen LogP contribution >= 0.6 is 23.4 Å². The summed E-state index contributed by atoms with van der Waals surface area (Å²) in [5.41, 5.74) is 0.573. The molecule has 20 heavy (non-hydrogen) atoms. The molecular formula is C13H11ClFNO3S. The third-order valence-electron chi connectivity index (χ3n) is 2.81. The maximum Gasteiger partial charge on any atom is 0.327 e. The molecule has 1 saturated heterocycles. The molecule has 1 aliphatic rings. The fourth-order valence-electron chi connectivity index (χ4n) is 1.74. The Labute approximate surface area is 124 Å². The third-order valence-corrected chi connectivity index (χ3v) is 4.11. The number of carbonyl (C=O) groups excluding carboxylic acids is 1. The smallest absolute Gasteiger partial charge is 0.327 e. The molecule has 4 nitrogen and oxygen atoms in total. The minimum absolute atomic E-state index is 0.0280. The fourth-order valence-corrected chi connectivity index (χ4v) is 3.09. The van der Waals surface area contributed by atoms with Crippen LogP contribution in [-0.4, -0.2) is 39.6 Å². The Hall–Kier alpha value is -1.53. The number of rotatable bonds is 3. The molecule has 0 spiro atoms. The van der Waals surface area contributed by atoms with E-state index >= 15 is 0 Å². The average molecular weight is 316 g/mol. The van der Waals surface area contributed by atoms with Crippen molar-refractivity contribution in [1.82, 2.24) is 4.90 Å². The molecule has 0 aliphatic carbocycles.